The van der Waals surface area contributed by atoms with Gasteiger partial charge in [0.05, 0.1) is 5.02 Å². The minimum atomic E-state index is -0.321. The van der Waals surface area contributed by atoms with E-state index in [2.05, 4.69) is 13.8 Å². The molecule has 2 unspecified atom stereocenters. The van der Waals surface area contributed by atoms with Gasteiger partial charge in [-0.1, -0.05) is 31.5 Å². The first-order valence-electron chi connectivity index (χ1n) is 7.05. The summed E-state index contributed by atoms with van der Waals surface area (Å²) >= 11 is 5.73. The molecule has 3 heteroatoms. The first-order valence-corrected chi connectivity index (χ1v) is 7.43. The molecule has 0 heterocycles. The van der Waals surface area contributed by atoms with Crippen LogP contribution in [0.1, 0.15) is 38.7 Å². The lowest BCUT2D eigenvalue weighted by molar-refractivity contribution is 0.121. The van der Waals surface area contributed by atoms with Gasteiger partial charge in [0.2, 0.25) is 0 Å². The molecule has 106 valence electrons. The molecule has 0 saturated heterocycles. The zero-order valence-electron chi connectivity index (χ0n) is 11.8. The van der Waals surface area contributed by atoms with Crippen LogP contribution in [0.3, 0.4) is 0 Å². The molecule has 1 nitrogen and oxygen atoms in total. The van der Waals surface area contributed by atoms with E-state index in [9.17, 15) is 4.39 Å². The van der Waals surface area contributed by atoms with Crippen LogP contribution in [0.2, 0.25) is 5.02 Å². The Balaban J connectivity index is 2.12. The Bertz CT molecular complexity index is 444. The summed E-state index contributed by atoms with van der Waals surface area (Å²) in [5, 5.41) is 0.197. The smallest absolute Gasteiger partial charge is 0.142 e. The van der Waals surface area contributed by atoms with Crippen LogP contribution in [0.15, 0.2) is 18.2 Å². The SMILES string of the molecule is CC1(C)CCC(CN)C(Cc2ccc(Cl)c(F)c2)C1. The van der Waals surface area contributed by atoms with Gasteiger partial charge >= 0.3 is 0 Å². The lowest BCUT2D eigenvalue weighted by Gasteiger charge is -2.40. The molecule has 2 atom stereocenters. The molecular weight excluding hydrogens is 261 g/mol. The highest BCUT2D eigenvalue weighted by Gasteiger charge is 2.34. The van der Waals surface area contributed by atoms with Crippen LogP contribution in [0.25, 0.3) is 0 Å². The van der Waals surface area contributed by atoms with Gasteiger partial charge in [-0.2, -0.15) is 0 Å². The maximum atomic E-state index is 13.5. The number of nitrogens with two attached hydrogens (primary N) is 1. The summed E-state index contributed by atoms with van der Waals surface area (Å²) < 4.78 is 13.5. The third-order valence-corrected chi connectivity index (χ3v) is 4.76. The molecule has 0 radical (unpaired) electrons. The molecule has 0 spiro atoms. The van der Waals surface area contributed by atoms with Crippen LogP contribution < -0.4 is 5.73 Å². The van der Waals surface area contributed by atoms with E-state index in [1.807, 2.05) is 6.07 Å². The minimum absolute atomic E-state index is 0.197. The highest BCUT2D eigenvalue weighted by atomic mass is 35.5. The summed E-state index contributed by atoms with van der Waals surface area (Å²) in [5.41, 5.74) is 7.30. The molecule has 0 aliphatic heterocycles. The van der Waals surface area contributed by atoms with Gasteiger partial charge in [0.25, 0.3) is 0 Å². The van der Waals surface area contributed by atoms with Gasteiger partial charge in [0.1, 0.15) is 5.82 Å². The van der Waals surface area contributed by atoms with Gasteiger partial charge in [-0.05, 0) is 67.2 Å². The van der Waals surface area contributed by atoms with E-state index in [0.29, 0.717) is 17.3 Å². The van der Waals surface area contributed by atoms with E-state index < -0.39 is 0 Å². The predicted octanol–water partition coefficient (Wildman–Crippen LogP) is 4.42. The fraction of sp³-hybridized carbons (Fsp3) is 0.625. The summed E-state index contributed by atoms with van der Waals surface area (Å²) in [7, 11) is 0. The summed E-state index contributed by atoms with van der Waals surface area (Å²) in [5.74, 6) is 0.791. The normalized spacial score (nSPS) is 26.4. The second kappa shape index (κ2) is 5.80. The standard InChI is InChI=1S/C16H23ClFN/c1-16(2)6-5-12(10-19)13(9-16)7-11-3-4-14(17)15(18)8-11/h3-4,8,12-13H,5-7,9-10,19H2,1-2H3. The molecule has 1 aliphatic carbocycles. The highest BCUT2D eigenvalue weighted by molar-refractivity contribution is 6.30. The number of hydrogen-bond donors (Lipinski definition) is 1. The largest absolute Gasteiger partial charge is 0.330 e. The Morgan fingerprint density at radius 1 is 1.37 bits per heavy atom. The van der Waals surface area contributed by atoms with Crippen molar-refractivity contribution in [3.05, 3.63) is 34.6 Å². The third-order valence-electron chi connectivity index (χ3n) is 4.46. The van der Waals surface area contributed by atoms with Crippen LogP contribution in [-0.4, -0.2) is 6.54 Å². The fourth-order valence-corrected chi connectivity index (χ4v) is 3.43. The van der Waals surface area contributed by atoms with Gasteiger partial charge in [-0.3, -0.25) is 0 Å². The Hall–Kier alpha value is -0.600. The zero-order valence-corrected chi connectivity index (χ0v) is 12.5. The Morgan fingerprint density at radius 3 is 2.74 bits per heavy atom. The molecule has 1 fully saturated rings. The number of hydrogen-bond acceptors (Lipinski definition) is 1. The van der Waals surface area contributed by atoms with Crippen LogP contribution in [0.5, 0.6) is 0 Å². The molecule has 1 aliphatic rings. The first-order chi connectivity index (χ1) is 8.91. The quantitative estimate of drug-likeness (QED) is 0.873. The van der Waals surface area contributed by atoms with E-state index in [-0.39, 0.29) is 10.8 Å². The van der Waals surface area contributed by atoms with Crippen molar-refractivity contribution >= 4 is 11.6 Å². The van der Waals surface area contributed by atoms with E-state index in [4.69, 9.17) is 17.3 Å². The average Bonchev–Trinajstić information content (AvgIpc) is 2.33. The van der Waals surface area contributed by atoms with Gasteiger partial charge in [0.15, 0.2) is 0 Å². The van der Waals surface area contributed by atoms with Crippen LogP contribution >= 0.6 is 11.6 Å². The zero-order chi connectivity index (χ0) is 14.0. The Labute approximate surface area is 120 Å². The summed E-state index contributed by atoms with van der Waals surface area (Å²) in [6.07, 6.45) is 4.49. The van der Waals surface area contributed by atoms with Gasteiger partial charge in [-0.15, -0.1) is 0 Å². The van der Waals surface area contributed by atoms with E-state index in [0.717, 1.165) is 18.5 Å². The Kier molecular flexibility index (Phi) is 4.52. The molecule has 1 saturated carbocycles. The summed E-state index contributed by atoms with van der Waals surface area (Å²) in [6.45, 7) is 5.36. The van der Waals surface area contributed by atoms with Gasteiger partial charge in [-0.25, -0.2) is 4.39 Å². The van der Waals surface area contributed by atoms with E-state index in [1.54, 1.807) is 12.1 Å². The highest BCUT2D eigenvalue weighted by Crippen LogP contribution is 2.42. The Morgan fingerprint density at radius 2 is 2.11 bits per heavy atom. The molecule has 0 aromatic heterocycles. The molecule has 0 amide bonds. The molecular formula is C16H23ClFN. The molecule has 0 bridgehead atoms. The fourth-order valence-electron chi connectivity index (χ4n) is 3.31. The summed E-state index contributed by atoms with van der Waals surface area (Å²) in [6, 6.07) is 5.15. The van der Waals surface area contributed by atoms with Crippen LogP contribution in [0.4, 0.5) is 4.39 Å². The number of benzene rings is 1. The van der Waals surface area contributed by atoms with Gasteiger partial charge in [0, 0.05) is 0 Å². The monoisotopic (exact) mass is 283 g/mol. The molecule has 19 heavy (non-hydrogen) atoms. The maximum Gasteiger partial charge on any atom is 0.142 e. The van der Waals surface area contributed by atoms with Crippen molar-refractivity contribution in [1.82, 2.24) is 0 Å². The molecule has 2 rings (SSSR count). The van der Waals surface area contributed by atoms with E-state index >= 15 is 0 Å². The van der Waals surface area contributed by atoms with Crippen LogP contribution in [-0.2, 0) is 6.42 Å². The number of halogens is 2. The van der Waals surface area contributed by atoms with Crippen molar-refractivity contribution in [3.63, 3.8) is 0 Å². The molecule has 2 N–H and O–H groups in total. The van der Waals surface area contributed by atoms with Crippen molar-refractivity contribution in [2.45, 2.75) is 39.5 Å². The lowest BCUT2D eigenvalue weighted by Crippen LogP contribution is -2.35. The first kappa shape index (κ1) is 14.8. The number of rotatable bonds is 3. The second-order valence-electron chi connectivity index (χ2n) is 6.62. The average molecular weight is 284 g/mol. The van der Waals surface area contributed by atoms with E-state index in [1.165, 1.54) is 19.3 Å². The third kappa shape index (κ3) is 3.70. The molecule has 1 aromatic rings. The maximum absolute atomic E-state index is 13.5. The van der Waals surface area contributed by atoms with Crippen molar-refractivity contribution in [1.29, 1.82) is 0 Å². The molecule has 1 aromatic carbocycles. The van der Waals surface area contributed by atoms with Gasteiger partial charge < -0.3 is 5.73 Å². The van der Waals surface area contributed by atoms with Crippen molar-refractivity contribution in [3.8, 4) is 0 Å². The van der Waals surface area contributed by atoms with Crippen molar-refractivity contribution in [2.24, 2.45) is 23.0 Å². The van der Waals surface area contributed by atoms with Crippen LogP contribution in [0, 0.1) is 23.1 Å². The van der Waals surface area contributed by atoms with Crippen molar-refractivity contribution in [2.75, 3.05) is 6.54 Å². The predicted molar refractivity (Wildman–Crippen MR) is 78.8 cm³/mol. The minimum Gasteiger partial charge on any atom is -0.330 e. The summed E-state index contributed by atoms with van der Waals surface area (Å²) in [4.78, 5) is 0. The lowest BCUT2D eigenvalue weighted by atomic mass is 9.65. The topological polar surface area (TPSA) is 26.0 Å². The second-order valence-corrected chi connectivity index (χ2v) is 7.02. The van der Waals surface area contributed by atoms with Crippen molar-refractivity contribution < 1.29 is 4.39 Å².